The van der Waals surface area contributed by atoms with Crippen LogP contribution in [0.25, 0.3) is 0 Å². The number of methoxy groups -OCH3 is 1. The molecule has 1 amide bonds. The van der Waals surface area contributed by atoms with Crippen LogP contribution >= 0.6 is 11.3 Å². The maximum Gasteiger partial charge on any atom is 0.261 e. The van der Waals surface area contributed by atoms with E-state index in [2.05, 4.69) is 5.32 Å². The molecule has 2 N–H and O–H groups in total. The molecule has 0 saturated heterocycles. The van der Waals surface area contributed by atoms with Crippen molar-refractivity contribution in [3.05, 3.63) is 52.2 Å². The molecule has 1 aromatic heterocycles. The van der Waals surface area contributed by atoms with Gasteiger partial charge in [0.25, 0.3) is 5.91 Å². The van der Waals surface area contributed by atoms with Crippen LogP contribution in [0.1, 0.15) is 15.2 Å². The molecular formula is C15H17NO3S. The van der Waals surface area contributed by atoms with Gasteiger partial charge in [0, 0.05) is 11.4 Å². The summed E-state index contributed by atoms with van der Waals surface area (Å²) in [5, 5.41) is 14.0. The van der Waals surface area contributed by atoms with Crippen molar-refractivity contribution in [1.82, 2.24) is 5.32 Å². The van der Waals surface area contributed by atoms with Gasteiger partial charge in [-0.2, -0.15) is 0 Å². The number of hydrogen-bond donors (Lipinski definition) is 2. The third-order valence-electron chi connectivity index (χ3n) is 2.92. The number of benzene rings is 1. The lowest BCUT2D eigenvalue weighted by molar-refractivity contribution is 0.0920. The third-order valence-corrected chi connectivity index (χ3v) is 3.82. The van der Waals surface area contributed by atoms with Crippen LogP contribution in [0.5, 0.6) is 5.75 Å². The second-order valence-electron chi connectivity index (χ2n) is 4.39. The zero-order chi connectivity index (χ0) is 14.4. The Kier molecular flexibility index (Phi) is 5.15. The molecule has 1 heterocycles. The predicted octanol–water partition coefficient (Wildman–Crippen LogP) is 2.09. The van der Waals surface area contributed by atoms with Gasteiger partial charge in [0.2, 0.25) is 0 Å². The molecule has 0 fully saturated rings. The number of rotatable bonds is 6. The number of thiophene rings is 1. The molecule has 0 saturated carbocycles. The highest BCUT2D eigenvalue weighted by Crippen LogP contribution is 2.21. The second kappa shape index (κ2) is 7.07. The molecule has 0 aliphatic heterocycles. The van der Waals surface area contributed by atoms with Gasteiger partial charge >= 0.3 is 0 Å². The van der Waals surface area contributed by atoms with Crippen molar-refractivity contribution in [3.63, 3.8) is 0 Å². The van der Waals surface area contributed by atoms with E-state index >= 15 is 0 Å². The van der Waals surface area contributed by atoms with Gasteiger partial charge in [0.05, 0.1) is 24.6 Å². The summed E-state index contributed by atoms with van der Waals surface area (Å²) in [5.74, 6) is 0.483. The molecule has 0 aliphatic rings. The van der Waals surface area contributed by atoms with Crippen LogP contribution in [0.2, 0.25) is 0 Å². The van der Waals surface area contributed by atoms with E-state index in [1.807, 2.05) is 30.3 Å². The van der Waals surface area contributed by atoms with E-state index in [1.165, 1.54) is 11.3 Å². The summed E-state index contributed by atoms with van der Waals surface area (Å²) in [4.78, 5) is 12.6. The molecule has 1 atom stereocenters. The lowest BCUT2D eigenvalue weighted by atomic mass is 10.1. The number of carbonyl (C=O) groups is 1. The van der Waals surface area contributed by atoms with Crippen LogP contribution in [0, 0.1) is 0 Å². The SMILES string of the molecule is COc1csc(C(=O)N[C@@H](CO)Cc2ccccc2)c1. The summed E-state index contributed by atoms with van der Waals surface area (Å²) in [6.07, 6.45) is 0.603. The average molecular weight is 291 g/mol. The summed E-state index contributed by atoms with van der Waals surface area (Å²) >= 11 is 1.32. The Bertz CT molecular complexity index is 553. The van der Waals surface area contributed by atoms with Gasteiger partial charge in [-0.3, -0.25) is 4.79 Å². The fraction of sp³-hybridized carbons (Fsp3) is 0.267. The van der Waals surface area contributed by atoms with Gasteiger partial charge in [-0.15, -0.1) is 11.3 Å². The van der Waals surface area contributed by atoms with Crippen molar-refractivity contribution in [3.8, 4) is 5.75 Å². The molecule has 20 heavy (non-hydrogen) atoms. The molecule has 106 valence electrons. The van der Waals surface area contributed by atoms with Crippen molar-refractivity contribution in [2.75, 3.05) is 13.7 Å². The van der Waals surface area contributed by atoms with E-state index in [-0.39, 0.29) is 18.6 Å². The third kappa shape index (κ3) is 3.82. The van der Waals surface area contributed by atoms with Crippen molar-refractivity contribution < 1.29 is 14.6 Å². The molecular weight excluding hydrogens is 274 g/mol. The van der Waals surface area contributed by atoms with Crippen molar-refractivity contribution in [2.24, 2.45) is 0 Å². The van der Waals surface area contributed by atoms with E-state index in [0.717, 1.165) is 5.56 Å². The number of amides is 1. The summed E-state index contributed by atoms with van der Waals surface area (Å²) in [7, 11) is 1.57. The summed E-state index contributed by atoms with van der Waals surface area (Å²) < 4.78 is 5.05. The van der Waals surface area contributed by atoms with Crippen LogP contribution in [0.3, 0.4) is 0 Å². The quantitative estimate of drug-likeness (QED) is 0.857. The molecule has 2 aromatic rings. The first-order valence-electron chi connectivity index (χ1n) is 6.31. The smallest absolute Gasteiger partial charge is 0.261 e. The predicted molar refractivity (Wildman–Crippen MR) is 79.4 cm³/mol. The Morgan fingerprint density at radius 3 is 2.75 bits per heavy atom. The zero-order valence-corrected chi connectivity index (χ0v) is 12.0. The Morgan fingerprint density at radius 1 is 1.40 bits per heavy atom. The number of hydrogen-bond acceptors (Lipinski definition) is 4. The second-order valence-corrected chi connectivity index (χ2v) is 5.30. The summed E-state index contributed by atoms with van der Waals surface area (Å²) in [6.45, 7) is -0.0941. The van der Waals surface area contributed by atoms with Crippen molar-refractivity contribution in [2.45, 2.75) is 12.5 Å². The summed E-state index contributed by atoms with van der Waals surface area (Å²) in [6, 6.07) is 11.2. The molecule has 2 rings (SSSR count). The fourth-order valence-corrected chi connectivity index (χ4v) is 2.62. The molecule has 5 heteroatoms. The van der Waals surface area contributed by atoms with Gasteiger partial charge in [0.1, 0.15) is 5.75 Å². The average Bonchev–Trinajstić information content (AvgIpc) is 2.96. The Balaban J connectivity index is 1.97. The lowest BCUT2D eigenvalue weighted by Crippen LogP contribution is -2.38. The maximum atomic E-state index is 12.1. The van der Waals surface area contributed by atoms with Gasteiger partial charge in [0.15, 0.2) is 0 Å². The number of ether oxygens (including phenoxy) is 1. The minimum atomic E-state index is -0.294. The first-order chi connectivity index (χ1) is 9.72. The topological polar surface area (TPSA) is 58.6 Å². The lowest BCUT2D eigenvalue weighted by Gasteiger charge is -2.15. The van der Waals surface area contributed by atoms with Gasteiger partial charge in [-0.05, 0) is 12.0 Å². The van der Waals surface area contributed by atoms with Crippen LogP contribution in [-0.4, -0.2) is 30.8 Å². The Hall–Kier alpha value is -1.85. The Morgan fingerprint density at radius 2 is 2.15 bits per heavy atom. The number of aliphatic hydroxyl groups excluding tert-OH is 1. The van der Waals surface area contributed by atoms with Crippen LogP contribution < -0.4 is 10.1 Å². The molecule has 0 aliphatic carbocycles. The van der Waals surface area contributed by atoms with Crippen LogP contribution in [-0.2, 0) is 6.42 Å². The highest BCUT2D eigenvalue weighted by Gasteiger charge is 2.15. The molecule has 0 bridgehead atoms. The standard InChI is InChI=1S/C15H17NO3S/c1-19-13-8-14(20-10-13)15(18)16-12(9-17)7-11-5-3-2-4-6-11/h2-6,8,10,12,17H,7,9H2,1H3,(H,16,18)/t12-/m1/s1. The summed E-state index contributed by atoms with van der Waals surface area (Å²) in [5.41, 5.74) is 1.08. The zero-order valence-electron chi connectivity index (χ0n) is 11.2. The molecule has 0 spiro atoms. The van der Waals surface area contributed by atoms with E-state index in [0.29, 0.717) is 17.0 Å². The first kappa shape index (κ1) is 14.6. The largest absolute Gasteiger partial charge is 0.496 e. The maximum absolute atomic E-state index is 12.1. The fourth-order valence-electron chi connectivity index (χ4n) is 1.86. The van der Waals surface area contributed by atoms with E-state index < -0.39 is 0 Å². The monoisotopic (exact) mass is 291 g/mol. The molecule has 4 nitrogen and oxygen atoms in total. The van der Waals surface area contributed by atoms with E-state index in [4.69, 9.17) is 4.74 Å². The highest BCUT2D eigenvalue weighted by atomic mass is 32.1. The Labute approximate surface area is 122 Å². The molecule has 0 unspecified atom stereocenters. The van der Waals surface area contributed by atoms with Gasteiger partial charge < -0.3 is 15.2 Å². The number of carbonyl (C=O) groups excluding carboxylic acids is 1. The normalized spacial score (nSPS) is 11.9. The van der Waals surface area contributed by atoms with E-state index in [9.17, 15) is 9.90 Å². The van der Waals surface area contributed by atoms with Gasteiger partial charge in [-0.1, -0.05) is 30.3 Å². The first-order valence-corrected chi connectivity index (χ1v) is 7.19. The van der Waals surface area contributed by atoms with E-state index in [1.54, 1.807) is 18.6 Å². The minimum Gasteiger partial charge on any atom is -0.496 e. The number of aliphatic hydroxyl groups is 1. The molecule has 1 aromatic carbocycles. The van der Waals surface area contributed by atoms with Gasteiger partial charge in [-0.25, -0.2) is 0 Å². The minimum absolute atomic E-state index is 0.0941. The van der Waals surface area contributed by atoms with Crippen LogP contribution in [0.4, 0.5) is 0 Å². The van der Waals surface area contributed by atoms with Crippen LogP contribution in [0.15, 0.2) is 41.8 Å². The van der Waals surface area contributed by atoms with Crippen molar-refractivity contribution >= 4 is 17.2 Å². The number of nitrogens with one attached hydrogen (secondary N) is 1. The highest BCUT2D eigenvalue weighted by molar-refractivity contribution is 7.12. The van der Waals surface area contributed by atoms with Crippen molar-refractivity contribution in [1.29, 1.82) is 0 Å². The molecule has 0 radical (unpaired) electrons.